The van der Waals surface area contributed by atoms with Crippen LogP contribution in [0.3, 0.4) is 0 Å². The number of hydrogen-bond donors (Lipinski definition) is 0. The Morgan fingerprint density at radius 3 is 2.68 bits per heavy atom. The first-order valence-electron chi connectivity index (χ1n) is 7.79. The standard InChI is InChI=1S/C18H21N3O/c19-14-17(15-20)12-16-6-4-7-18(13-16)22-11-5-10-21-8-2-1-3-9-21/h4,6-7,12-13H,1-3,5,8-11H2. The van der Waals surface area contributed by atoms with Crippen molar-refractivity contribution in [2.24, 2.45) is 0 Å². The topological polar surface area (TPSA) is 60.1 Å². The first kappa shape index (κ1) is 16.1. The fourth-order valence-corrected chi connectivity index (χ4v) is 2.61. The highest BCUT2D eigenvalue weighted by Crippen LogP contribution is 2.16. The van der Waals surface area contributed by atoms with Gasteiger partial charge in [-0.1, -0.05) is 18.6 Å². The highest BCUT2D eigenvalue weighted by atomic mass is 16.5. The molecule has 1 aromatic rings. The molecule has 0 unspecified atom stereocenters. The van der Waals surface area contributed by atoms with E-state index in [-0.39, 0.29) is 5.57 Å². The molecule has 0 bridgehead atoms. The molecule has 0 amide bonds. The van der Waals surface area contributed by atoms with Crippen molar-refractivity contribution in [1.82, 2.24) is 4.90 Å². The van der Waals surface area contributed by atoms with E-state index in [9.17, 15) is 0 Å². The number of piperidine rings is 1. The molecule has 2 rings (SSSR count). The third-order valence-corrected chi connectivity index (χ3v) is 3.75. The molecule has 4 heteroatoms. The second-order valence-corrected chi connectivity index (χ2v) is 5.46. The van der Waals surface area contributed by atoms with Gasteiger partial charge in [-0.3, -0.25) is 0 Å². The summed E-state index contributed by atoms with van der Waals surface area (Å²) in [5.74, 6) is 0.780. The van der Waals surface area contributed by atoms with Crippen molar-refractivity contribution in [3.05, 3.63) is 35.4 Å². The van der Waals surface area contributed by atoms with E-state index in [2.05, 4.69) is 4.90 Å². The van der Waals surface area contributed by atoms with E-state index in [1.54, 1.807) is 6.08 Å². The van der Waals surface area contributed by atoms with Gasteiger partial charge in [0.2, 0.25) is 0 Å². The molecule has 1 aliphatic rings. The van der Waals surface area contributed by atoms with E-state index < -0.39 is 0 Å². The van der Waals surface area contributed by atoms with Gasteiger partial charge in [0.1, 0.15) is 23.5 Å². The predicted molar refractivity (Wildman–Crippen MR) is 86.0 cm³/mol. The lowest BCUT2D eigenvalue weighted by Crippen LogP contribution is -2.31. The van der Waals surface area contributed by atoms with Gasteiger partial charge in [-0.15, -0.1) is 0 Å². The molecule has 1 aromatic carbocycles. The van der Waals surface area contributed by atoms with Crippen molar-refractivity contribution in [2.75, 3.05) is 26.2 Å². The summed E-state index contributed by atoms with van der Waals surface area (Å²) in [5.41, 5.74) is 0.911. The largest absolute Gasteiger partial charge is 0.494 e. The van der Waals surface area contributed by atoms with Crippen LogP contribution in [-0.4, -0.2) is 31.1 Å². The molecule has 0 saturated carbocycles. The maximum Gasteiger partial charge on any atom is 0.130 e. The average molecular weight is 295 g/mol. The van der Waals surface area contributed by atoms with E-state index in [0.717, 1.165) is 24.3 Å². The minimum atomic E-state index is 0.0993. The Balaban J connectivity index is 1.79. The quantitative estimate of drug-likeness (QED) is 0.596. The summed E-state index contributed by atoms with van der Waals surface area (Å²) in [6, 6.07) is 11.2. The summed E-state index contributed by atoms with van der Waals surface area (Å²) in [6.07, 6.45) is 6.58. The van der Waals surface area contributed by atoms with E-state index in [1.165, 1.54) is 32.4 Å². The summed E-state index contributed by atoms with van der Waals surface area (Å²) >= 11 is 0. The van der Waals surface area contributed by atoms with Gasteiger partial charge in [-0.2, -0.15) is 10.5 Å². The van der Waals surface area contributed by atoms with Gasteiger partial charge in [0.15, 0.2) is 0 Å². The second kappa shape index (κ2) is 8.87. The van der Waals surface area contributed by atoms with E-state index in [0.29, 0.717) is 6.61 Å². The highest BCUT2D eigenvalue weighted by Gasteiger charge is 2.09. The maximum atomic E-state index is 8.78. The van der Waals surface area contributed by atoms with Crippen LogP contribution in [0.2, 0.25) is 0 Å². The predicted octanol–water partition coefficient (Wildman–Crippen LogP) is 3.37. The summed E-state index contributed by atoms with van der Waals surface area (Å²) in [6.45, 7) is 4.20. The van der Waals surface area contributed by atoms with Gasteiger partial charge in [0.05, 0.1) is 6.61 Å². The first-order valence-corrected chi connectivity index (χ1v) is 7.79. The number of rotatable bonds is 6. The molecule has 0 aromatic heterocycles. The molecule has 1 saturated heterocycles. The molecule has 0 aliphatic carbocycles. The molecule has 1 aliphatic heterocycles. The van der Waals surface area contributed by atoms with Crippen LogP contribution in [0.25, 0.3) is 6.08 Å². The van der Waals surface area contributed by atoms with Crippen molar-refractivity contribution in [3.8, 4) is 17.9 Å². The summed E-state index contributed by atoms with van der Waals surface area (Å²) < 4.78 is 5.76. The number of likely N-dealkylation sites (tertiary alicyclic amines) is 1. The smallest absolute Gasteiger partial charge is 0.130 e. The minimum Gasteiger partial charge on any atom is -0.494 e. The van der Waals surface area contributed by atoms with E-state index in [4.69, 9.17) is 15.3 Å². The molecular formula is C18H21N3O. The van der Waals surface area contributed by atoms with Crippen LogP contribution >= 0.6 is 0 Å². The Morgan fingerprint density at radius 2 is 1.95 bits per heavy atom. The highest BCUT2D eigenvalue weighted by molar-refractivity contribution is 5.62. The Bertz CT molecular complexity index is 573. The molecule has 0 radical (unpaired) electrons. The number of ether oxygens (including phenoxy) is 1. The van der Waals surface area contributed by atoms with Crippen LogP contribution in [0.5, 0.6) is 5.75 Å². The normalized spacial score (nSPS) is 14.6. The third-order valence-electron chi connectivity index (χ3n) is 3.75. The van der Waals surface area contributed by atoms with Gasteiger partial charge in [0, 0.05) is 6.54 Å². The van der Waals surface area contributed by atoms with E-state index >= 15 is 0 Å². The molecule has 0 spiro atoms. The molecule has 4 nitrogen and oxygen atoms in total. The average Bonchev–Trinajstić information content (AvgIpc) is 2.58. The third kappa shape index (κ3) is 5.24. The maximum absolute atomic E-state index is 8.78. The molecule has 114 valence electrons. The van der Waals surface area contributed by atoms with Crippen LogP contribution < -0.4 is 4.74 Å². The molecule has 22 heavy (non-hydrogen) atoms. The van der Waals surface area contributed by atoms with Gasteiger partial charge in [-0.25, -0.2) is 0 Å². The van der Waals surface area contributed by atoms with Crippen LogP contribution in [0.4, 0.5) is 0 Å². The van der Waals surface area contributed by atoms with Crippen LogP contribution in [-0.2, 0) is 0 Å². The van der Waals surface area contributed by atoms with E-state index in [1.807, 2.05) is 36.4 Å². The van der Waals surface area contributed by atoms with Gasteiger partial charge >= 0.3 is 0 Å². The summed E-state index contributed by atoms with van der Waals surface area (Å²) in [7, 11) is 0. The Hall–Kier alpha value is -2.30. The second-order valence-electron chi connectivity index (χ2n) is 5.46. The number of hydrogen-bond acceptors (Lipinski definition) is 4. The van der Waals surface area contributed by atoms with Crippen LogP contribution in [0.15, 0.2) is 29.8 Å². The van der Waals surface area contributed by atoms with Crippen LogP contribution in [0.1, 0.15) is 31.2 Å². The van der Waals surface area contributed by atoms with Gasteiger partial charge in [0.25, 0.3) is 0 Å². The number of nitrogens with zero attached hydrogens (tertiary/aromatic N) is 3. The zero-order chi connectivity index (χ0) is 15.6. The Morgan fingerprint density at radius 1 is 1.18 bits per heavy atom. The minimum absolute atomic E-state index is 0.0993. The molecular weight excluding hydrogens is 274 g/mol. The van der Waals surface area contributed by atoms with Crippen molar-refractivity contribution in [3.63, 3.8) is 0 Å². The molecule has 0 N–H and O–H groups in total. The monoisotopic (exact) mass is 295 g/mol. The molecule has 1 heterocycles. The fraction of sp³-hybridized carbons (Fsp3) is 0.444. The van der Waals surface area contributed by atoms with Crippen molar-refractivity contribution < 1.29 is 4.74 Å². The zero-order valence-corrected chi connectivity index (χ0v) is 12.8. The lowest BCUT2D eigenvalue weighted by Gasteiger charge is -2.26. The molecule has 0 atom stereocenters. The van der Waals surface area contributed by atoms with Crippen molar-refractivity contribution in [1.29, 1.82) is 10.5 Å². The lowest BCUT2D eigenvalue weighted by atomic mass is 10.1. The Kier molecular flexibility index (Phi) is 6.48. The molecule has 1 fully saturated rings. The number of allylic oxidation sites excluding steroid dienone is 1. The van der Waals surface area contributed by atoms with Crippen molar-refractivity contribution in [2.45, 2.75) is 25.7 Å². The fourth-order valence-electron chi connectivity index (χ4n) is 2.61. The zero-order valence-electron chi connectivity index (χ0n) is 12.8. The first-order chi connectivity index (χ1) is 10.8. The number of benzene rings is 1. The van der Waals surface area contributed by atoms with Crippen molar-refractivity contribution >= 4 is 6.08 Å². The Labute approximate surface area is 132 Å². The van der Waals surface area contributed by atoms with Gasteiger partial charge < -0.3 is 9.64 Å². The van der Waals surface area contributed by atoms with Crippen LogP contribution in [0, 0.1) is 22.7 Å². The number of nitriles is 2. The SMILES string of the molecule is N#CC(C#N)=Cc1cccc(OCCCN2CCCCC2)c1. The lowest BCUT2D eigenvalue weighted by molar-refractivity contribution is 0.205. The summed E-state index contributed by atoms with van der Waals surface area (Å²) in [4.78, 5) is 2.50. The van der Waals surface area contributed by atoms with Gasteiger partial charge in [-0.05, 0) is 56.1 Å². The summed E-state index contributed by atoms with van der Waals surface area (Å²) in [5, 5.41) is 17.6.